The first-order valence-corrected chi connectivity index (χ1v) is 8.01. The van der Waals surface area contributed by atoms with Crippen molar-refractivity contribution < 1.29 is 0 Å². The molecule has 0 aliphatic rings. The summed E-state index contributed by atoms with van der Waals surface area (Å²) in [4.78, 5) is 0. The normalized spacial score (nSPS) is 12.8. The predicted molar refractivity (Wildman–Crippen MR) is 88.7 cm³/mol. The number of hydrogen-bond donors (Lipinski definition) is 1. The maximum atomic E-state index is 4.83. The summed E-state index contributed by atoms with van der Waals surface area (Å²) in [7, 11) is 0. The van der Waals surface area contributed by atoms with Crippen LogP contribution < -0.4 is 5.32 Å². The quantitative estimate of drug-likeness (QED) is 0.842. The van der Waals surface area contributed by atoms with Crippen LogP contribution in [0.2, 0.25) is 0 Å². The van der Waals surface area contributed by atoms with E-state index < -0.39 is 0 Å². The Bertz CT molecular complexity index is 543. The van der Waals surface area contributed by atoms with Crippen molar-refractivity contribution in [1.29, 1.82) is 0 Å². The third kappa shape index (κ3) is 3.94. The highest BCUT2D eigenvalue weighted by molar-refractivity contribution is 5.22. The van der Waals surface area contributed by atoms with Gasteiger partial charge < -0.3 is 5.32 Å². The summed E-state index contributed by atoms with van der Waals surface area (Å²) in [5, 5.41) is 8.39. The van der Waals surface area contributed by atoms with Gasteiger partial charge in [0.1, 0.15) is 0 Å². The van der Waals surface area contributed by atoms with Crippen molar-refractivity contribution in [2.24, 2.45) is 0 Å². The molecule has 114 valence electrons. The SMILES string of the molecule is CCc1cc(CC)n(C(CNC(C)C)c2ccccc2)n1. The van der Waals surface area contributed by atoms with Gasteiger partial charge in [-0.15, -0.1) is 0 Å². The molecule has 1 N–H and O–H groups in total. The molecule has 1 aromatic carbocycles. The number of benzene rings is 1. The molecular weight excluding hydrogens is 258 g/mol. The minimum absolute atomic E-state index is 0.254. The van der Waals surface area contributed by atoms with E-state index in [4.69, 9.17) is 5.10 Å². The molecule has 0 bridgehead atoms. The van der Waals surface area contributed by atoms with Crippen molar-refractivity contribution in [3.63, 3.8) is 0 Å². The molecule has 0 saturated heterocycles. The standard InChI is InChI=1S/C18H27N3/c1-5-16-12-17(6-2)21(20-16)18(13-19-14(3)4)15-10-8-7-9-11-15/h7-12,14,18-19H,5-6,13H2,1-4H3. The highest BCUT2D eigenvalue weighted by atomic mass is 15.3. The molecule has 2 rings (SSSR count). The Morgan fingerprint density at radius 2 is 1.81 bits per heavy atom. The molecular formula is C18H27N3. The van der Waals surface area contributed by atoms with Crippen molar-refractivity contribution in [2.75, 3.05) is 6.54 Å². The van der Waals surface area contributed by atoms with Gasteiger partial charge in [-0.1, -0.05) is 58.0 Å². The van der Waals surface area contributed by atoms with Crippen molar-refractivity contribution in [1.82, 2.24) is 15.1 Å². The van der Waals surface area contributed by atoms with E-state index in [1.165, 1.54) is 17.0 Å². The first-order valence-electron chi connectivity index (χ1n) is 8.01. The van der Waals surface area contributed by atoms with Crippen molar-refractivity contribution in [3.05, 3.63) is 53.3 Å². The van der Waals surface area contributed by atoms with Crippen molar-refractivity contribution >= 4 is 0 Å². The van der Waals surface area contributed by atoms with Crippen LogP contribution in [0.15, 0.2) is 36.4 Å². The monoisotopic (exact) mass is 285 g/mol. The van der Waals surface area contributed by atoms with Crippen molar-refractivity contribution in [2.45, 2.75) is 52.6 Å². The Hall–Kier alpha value is -1.61. The first-order chi connectivity index (χ1) is 10.2. The van der Waals surface area contributed by atoms with Gasteiger partial charge in [0, 0.05) is 18.3 Å². The number of hydrogen-bond acceptors (Lipinski definition) is 2. The number of rotatable bonds is 7. The minimum atomic E-state index is 0.254. The van der Waals surface area contributed by atoms with Gasteiger partial charge in [0.15, 0.2) is 0 Å². The number of aromatic nitrogens is 2. The van der Waals surface area contributed by atoms with Gasteiger partial charge in [0.25, 0.3) is 0 Å². The summed E-state index contributed by atoms with van der Waals surface area (Å²) in [6.07, 6.45) is 2.00. The molecule has 1 heterocycles. The molecule has 1 atom stereocenters. The van der Waals surface area contributed by atoms with E-state index in [0.29, 0.717) is 6.04 Å². The molecule has 0 aliphatic heterocycles. The second-order valence-electron chi connectivity index (χ2n) is 5.77. The highest BCUT2D eigenvalue weighted by Gasteiger charge is 2.18. The summed E-state index contributed by atoms with van der Waals surface area (Å²) >= 11 is 0. The van der Waals surface area contributed by atoms with Crippen LogP contribution in [0.25, 0.3) is 0 Å². The topological polar surface area (TPSA) is 29.9 Å². The van der Waals surface area contributed by atoms with Crippen LogP contribution in [0.5, 0.6) is 0 Å². The third-order valence-electron chi connectivity index (χ3n) is 3.79. The van der Waals surface area contributed by atoms with Crippen LogP contribution in [0.4, 0.5) is 0 Å². The van der Waals surface area contributed by atoms with Gasteiger partial charge >= 0.3 is 0 Å². The van der Waals surface area contributed by atoms with Gasteiger partial charge in [-0.25, -0.2) is 0 Å². The molecule has 0 fully saturated rings. The van der Waals surface area contributed by atoms with Crippen LogP contribution in [-0.4, -0.2) is 22.4 Å². The molecule has 0 radical (unpaired) electrons. The molecule has 3 heteroatoms. The molecule has 3 nitrogen and oxygen atoms in total. The van der Waals surface area contributed by atoms with E-state index in [-0.39, 0.29) is 6.04 Å². The lowest BCUT2D eigenvalue weighted by Crippen LogP contribution is -2.32. The molecule has 0 aliphatic carbocycles. The maximum Gasteiger partial charge on any atom is 0.0896 e. The minimum Gasteiger partial charge on any atom is -0.312 e. The number of aryl methyl sites for hydroxylation is 2. The second kappa shape index (κ2) is 7.41. The average molecular weight is 285 g/mol. The van der Waals surface area contributed by atoms with Gasteiger partial charge in [-0.3, -0.25) is 4.68 Å². The Balaban J connectivity index is 2.36. The summed E-state index contributed by atoms with van der Waals surface area (Å²) in [6, 6.07) is 13.6. The van der Waals surface area contributed by atoms with Crippen molar-refractivity contribution in [3.8, 4) is 0 Å². The summed E-state index contributed by atoms with van der Waals surface area (Å²) < 4.78 is 2.21. The third-order valence-corrected chi connectivity index (χ3v) is 3.79. The smallest absolute Gasteiger partial charge is 0.0896 e. The van der Waals surface area contributed by atoms with E-state index in [0.717, 1.165) is 19.4 Å². The second-order valence-corrected chi connectivity index (χ2v) is 5.77. The Morgan fingerprint density at radius 3 is 2.38 bits per heavy atom. The molecule has 2 aromatic rings. The summed E-state index contributed by atoms with van der Waals surface area (Å²) in [5.41, 5.74) is 3.80. The largest absolute Gasteiger partial charge is 0.312 e. The molecule has 1 unspecified atom stereocenters. The van der Waals surface area contributed by atoms with E-state index in [2.05, 4.69) is 74.1 Å². The Labute approximate surface area is 128 Å². The van der Waals surface area contributed by atoms with Crippen LogP contribution in [-0.2, 0) is 12.8 Å². The zero-order valence-corrected chi connectivity index (χ0v) is 13.6. The fraction of sp³-hybridized carbons (Fsp3) is 0.500. The van der Waals surface area contributed by atoms with Gasteiger partial charge in [0.05, 0.1) is 11.7 Å². The average Bonchev–Trinajstić information content (AvgIpc) is 2.91. The number of nitrogens with one attached hydrogen (secondary N) is 1. The van der Waals surface area contributed by atoms with E-state index in [1.54, 1.807) is 0 Å². The number of nitrogens with zero attached hydrogens (tertiary/aromatic N) is 2. The Kier molecular flexibility index (Phi) is 5.57. The lowest BCUT2D eigenvalue weighted by atomic mass is 10.1. The fourth-order valence-corrected chi connectivity index (χ4v) is 2.56. The van der Waals surface area contributed by atoms with Crippen LogP contribution >= 0.6 is 0 Å². The molecule has 21 heavy (non-hydrogen) atoms. The molecule has 0 amide bonds. The molecule has 0 saturated carbocycles. The first kappa shape index (κ1) is 15.8. The maximum absolute atomic E-state index is 4.83. The molecule has 0 spiro atoms. The van der Waals surface area contributed by atoms with E-state index >= 15 is 0 Å². The Morgan fingerprint density at radius 1 is 1.10 bits per heavy atom. The van der Waals surface area contributed by atoms with E-state index in [1.807, 2.05) is 0 Å². The van der Waals surface area contributed by atoms with Gasteiger partial charge in [0.2, 0.25) is 0 Å². The zero-order chi connectivity index (χ0) is 15.2. The highest BCUT2D eigenvalue weighted by Crippen LogP contribution is 2.21. The van der Waals surface area contributed by atoms with Gasteiger partial charge in [-0.05, 0) is 24.5 Å². The zero-order valence-electron chi connectivity index (χ0n) is 13.6. The van der Waals surface area contributed by atoms with Crippen LogP contribution in [0.1, 0.15) is 50.7 Å². The fourth-order valence-electron chi connectivity index (χ4n) is 2.56. The lowest BCUT2D eigenvalue weighted by molar-refractivity contribution is 0.443. The van der Waals surface area contributed by atoms with E-state index in [9.17, 15) is 0 Å². The van der Waals surface area contributed by atoms with Gasteiger partial charge in [-0.2, -0.15) is 5.10 Å². The summed E-state index contributed by atoms with van der Waals surface area (Å²) in [6.45, 7) is 9.63. The summed E-state index contributed by atoms with van der Waals surface area (Å²) in [5.74, 6) is 0. The predicted octanol–water partition coefficient (Wildman–Crippen LogP) is 3.60. The van der Waals surface area contributed by atoms with Crippen LogP contribution in [0.3, 0.4) is 0 Å². The molecule has 1 aromatic heterocycles. The lowest BCUT2D eigenvalue weighted by Gasteiger charge is -2.22. The van der Waals surface area contributed by atoms with Crippen LogP contribution in [0, 0.1) is 0 Å².